The van der Waals surface area contributed by atoms with Crippen molar-refractivity contribution in [1.29, 1.82) is 0 Å². The minimum absolute atomic E-state index is 0.0644. The number of aliphatic carboxylic acids is 1. The molecule has 2 aromatic rings. The van der Waals surface area contributed by atoms with Crippen molar-refractivity contribution >= 4 is 23.2 Å². The van der Waals surface area contributed by atoms with Gasteiger partial charge in [-0.1, -0.05) is 12.1 Å². The summed E-state index contributed by atoms with van der Waals surface area (Å²) in [6, 6.07) is 6.20. The summed E-state index contributed by atoms with van der Waals surface area (Å²) in [5, 5.41) is 14.2. The second-order valence-corrected chi connectivity index (χ2v) is 6.59. The Morgan fingerprint density at radius 2 is 2.00 bits per heavy atom. The van der Waals surface area contributed by atoms with Gasteiger partial charge in [0.1, 0.15) is 11.4 Å². The summed E-state index contributed by atoms with van der Waals surface area (Å²) in [7, 11) is 0. The molecule has 1 aromatic carbocycles. The number of thiazole rings is 1. The minimum Gasteiger partial charge on any atom is -0.480 e. The number of hydrogen-bond acceptors (Lipinski definition) is 4. The number of carboxylic acid groups (broad SMARTS) is 1. The summed E-state index contributed by atoms with van der Waals surface area (Å²) in [5.41, 5.74) is 0.495. The zero-order valence-corrected chi connectivity index (χ0v) is 13.0. The van der Waals surface area contributed by atoms with Gasteiger partial charge in [-0.25, -0.2) is 14.2 Å². The number of hydrogen-bond donors (Lipinski definition) is 2. The Labute approximate surface area is 136 Å². The SMILES string of the molecule is O=C(Cc1csc(Cc2ccc(F)cc2)n1)NC1(C(=O)O)CC1. The fourth-order valence-electron chi connectivity index (χ4n) is 2.28. The van der Waals surface area contributed by atoms with Gasteiger partial charge in [0.15, 0.2) is 0 Å². The number of rotatable bonds is 6. The van der Waals surface area contributed by atoms with Crippen molar-refractivity contribution in [3.05, 3.63) is 51.7 Å². The molecule has 0 radical (unpaired) electrons. The van der Waals surface area contributed by atoms with Crippen LogP contribution in [0.15, 0.2) is 29.6 Å². The first kappa shape index (κ1) is 15.6. The van der Waals surface area contributed by atoms with Gasteiger partial charge >= 0.3 is 5.97 Å². The van der Waals surface area contributed by atoms with Gasteiger partial charge in [0.2, 0.25) is 5.91 Å². The van der Waals surface area contributed by atoms with E-state index in [4.69, 9.17) is 5.11 Å². The van der Waals surface area contributed by atoms with E-state index in [1.807, 2.05) is 0 Å². The number of carbonyl (C=O) groups is 2. The van der Waals surface area contributed by atoms with E-state index in [2.05, 4.69) is 10.3 Å². The molecule has 0 bridgehead atoms. The van der Waals surface area contributed by atoms with Crippen LogP contribution in [0, 0.1) is 5.82 Å². The molecule has 3 rings (SSSR count). The maximum Gasteiger partial charge on any atom is 0.329 e. The van der Waals surface area contributed by atoms with Gasteiger partial charge in [0, 0.05) is 11.8 Å². The van der Waals surface area contributed by atoms with Crippen LogP contribution in [-0.2, 0) is 22.4 Å². The molecule has 0 saturated heterocycles. The lowest BCUT2D eigenvalue weighted by atomic mass is 10.1. The van der Waals surface area contributed by atoms with Crippen molar-refractivity contribution in [1.82, 2.24) is 10.3 Å². The summed E-state index contributed by atoms with van der Waals surface area (Å²) in [6.45, 7) is 0. The standard InChI is InChI=1S/C16H15FN2O3S/c17-11-3-1-10(2-4-11)7-14-18-12(9-23-14)8-13(20)19-16(5-6-16)15(21)22/h1-4,9H,5-8H2,(H,19,20)(H,21,22). The molecular formula is C16H15FN2O3S. The summed E-state index contributed by atoms with van der Waals surface area (Å²) in [6.07, 6.45) is 1.59. The Morgan fingerprint density at radius 3 is 2.61 bits per heavy atom. The van der Waals surface area contributed by atoms with Crippen LogP contribution in [-0.4, -0.2) is 27.5 Å². The highest BCUT2D eigenvalue weighted by atomic mass is 32.1. The van der Waals surface area contributed by atoms with Gasteiger partial charge in [-0.3, -0.25) is 4.79 Å². The minimum atomic E-state index is -1.07. The molecule has 1 aliphatic rings. The van der Waals surface area contributed by atoms with Gasteiger partial charge in [-0.2, -0.15) is 0 Å². The summed E-state index contributed by atoms with van der Waals surface area (Å²) >= 11 is 1.43. The van der Waals surface area contributed by atoms with Crippen molar-refractivity contribution in [2.75, 3.05) is 0 Å². The number of halogens is 1. The quantitative estimate of drug-likeness (QED) is 0.848. The number of aromatic nitrogens is 1. The predicted octanol–water partition coefficient (Wildman–Crippen LogP) is 2.15. The Bertz CT molecular complexity index is 738. The maximum atomic E-state index is 12.9. The van der Waals surface area contributed by atoms with Crippen molar-refractivity contribution < 1.29 is 19.1 Å². The van der Waals surface area contributed by atoms with Crippen LogP contribution in [0.25, 0.3) is 0 Å². The van der Waals surface area contributed by atoms with Crippen LogP contribution in [0.4, 0.5) is 4.39 Å². The average molecular weight is 334 g/mol. The molecule has 2 N–H and O–H groups in total. The molecule has 23 heavy (non-hydrogen) atoms. The summed E-state index contributed by atoms with van der Waals surface area (Å²) < 4.78 is 12.9. The van der Waals surface area contributed by atoms with Crippen LogP contribution in [0.1, 0.15) is 29.1 Å². The molecule has 0 aliphatic heterocycles. The van der Waals surface area contributed by atoms with E-state index in [0.29, 0.717) is 25.0 Å². The van der Waals surface area contributed by atoms with E-state index in [9.17, 15) is 14.0 Å². The topological polar surface area (TPSA) is 79.3 Å². The molecule has 0 spiro atoms. The zero-order chi connectivity index (χ0) is 16.4. The second-order valence-electron chi connectivity index (χ2n) is 5.65. The lowest BCUT2D eigenvalue weighted by Crippen LogP contribution is -2.43. The predicted molar refractivity (Wildman–Crippen MR) is 82.8 cm³/mol. The van der Waals surface area contributed by atoms with Crippen molar-refractivity contribution in [2.45, 2.75) is 31.2 Å². The third-order valence-corrected chi connectivity index (χ3v) is 4.65. The Balaban J connectivity index is 1.58. The number of carboxylic acids is 1. The van der Waals surface area contributed by atoms with Crippen LogP contribution in [0.2, 0.25) is 0 Å². The molecular weight excluding hydrogens is 319 g/mol. The molecule has 1 aromatic heterocycles. The van der Waals surface area contributed by atoms with Crippen molar-refractivity contribution in [3.8, 4) is 0 Å². The van der Waals surface area contributed by atoms with E-state index in [1.165, 1.54) is 23.5 Å². The second kappa shape index (κ2) is 6.08. The van der Waals surface area contributed by atoms with Crippen LogP contribution < -0.4 is 5.32 Å². The lowest BCUT2D eigenvalue weighted by Gasteiger charge is -2.11. The monoisotopic (exact) mass is 334 g/mol. The number of carbonyl (C=O) groups excluding carboxylic acids is 1. The molecule has 0 atom stereocenters. The Morgan fingerprint density at radius 1 is 1.30 bits per heavy atom. The Kier molecular flexibility index (Phi) is 4.12. The van der Waals surface area contributed by atoms with E-state index < -0.39 is 11.5 Å². The lowest BCUT2D eigenvalue weighted by molar-refractivity contribution is -0.143. The fraction of sp³-hybridized carbons (Fsp3) is 0.312. The number of benzene rings is 1. The van der Waals surface area contributed by atoms with Crippen LogP contribution in [0.5, 0.6) is 0 Å². The van der Waals surface area contributed by atoms with Gasteiger partial charge in [-0.05, 0) is 30.5 Å². The molecule has 1 saturated carbocycles. The van der Waals surface area contributed by atoms with Crippen molar-refractivity contribution in [2.24, 2.45) is 0 Å². The van der Waals surface area contributed by atoms with E-state index >= 15 is 0 Å². The van der Waals surface area contributed by atoms with Crippen LogP contribution >= 0.6 is 11.3 Å². The number of nitrogens with one attached hydrogen (secondary N) is 1. The molecule has 1 amide bonds. The highest BCUT2D eigenvalue weighted by Crippen LogP contribution is 2.35. The smallest absolute Gasteiger partial charge is 0.329 e. The molecule has 7 heteroatoms. The van der Waals surface area contributed by atoms with Gasteiger partial charge in [-0.15, -0.1) is 11.3 Å². The number of amides is 1. The van der Waals surface area contributed by atoms with Crippen LogP contribution in [0.3, 0.4) is 0 Å². The van der Waals surface area contributed by atoms with Crippen molar-refractivity contribution in [3.63, 3.8) is 0 Å². The maximum absolute atomic E-state index is 12.9. The molecule has 5 nitrogen and oxygen atoms in total. The third kappa shape index (κ3) is 3.73. The highest BCUT2D eigenvalue weighted by Gasteiger charge is 2.51. The molecule has 1 aliphatic carbocycles. The third-order valence-electron chi connectivity index (χ3n) is 3.75. The van der Waals surface area contributed by atoms with Gasteiger partial charge in [0.25, 0.3) is 0 Å². The van der Waals surface area contributed by atoms with E-state index in [-0.39, 0.29) is 18.1 Å². The Hall–Kier alpha value is -2.28. The fourth-order valence-corrected chi connectivity index (χ4v) is 3.11. The molecule has 1 heterocycles. The summed E-state index contributed by atoms with van der Waals surface area (Å²) in [5.74, 6) is -1.60. The molecule has 1 fully saturated rings. The first-order chi connectivity index (χ1) is 11.0. The van der Waals surface area contributed by atoms with Gasteiger partial charge < -0.3 is 10.4 Å². The highest BCUT2D eigenvalue weighted by molar-refractivity contribution is 7.09. The average Bonchev–Trinajstić information content (AvgIpc) is 3.15. The normalized spacial score (nSPS) is 15.2. The van der Waals surface area contributed by atoms with E-state index in [1.54, 1.807) is 17.5 Å². The first-order valence-electron chi connectivity index (χ1n) is 7.19. The summed E-state index contributed by atoms with van der Waals surface area (Å²) in [4.78, 5) is 27.4. The first-order valence-corrected chi connectivity index (χ1v) is 8.07. The molecule has 0 unspecified atom stereocenters. The number of nitrogens with zero attached hydrogens (tertiary/aromatic N) is 1. The largest absolute Gasteiger partial charge is 0.480 e. The van der Waals surface area contributed by atoms with Gasteiger partial charge in [0.05, 0.1) is 17.1 Å². The van der Waals surface area contributed by atoms with E-state index in [0.717, 1.165) is 10.6 Å². The molecule has 120 valence electrons. The zero-order valence-electron chi connectivity index (χ0n) is 12.2.